The summed E-state index contributed by atoms with van der Waals surface area (Å²) in [6.07, 6.45) is 1.03. The van der Waals surface area contributed by atoms with Crippen molar-refractivity contribution in [2.45, 2.75) is 24.0 Å². The third kappa shape index (κ3) is 4.10. The van der Waals surface area contributed by atoms with Gasteiger partial charge in [0.1, 0.15) is 0 Å². The second kappa shape index (κ2) is 8.22. The summed E-state index contributed by atoms with van der Waals surface area (Å²) in [4.78, 5) is 15.3. The Balaban J connectivity index is 2.18. The van der Waals surface area contributed by atoms with Crippen LogP contribution in [0.1, 0.15) is 30.2 Å². The molecule has 2 rings (SSSR count). The van der Waals surface area contributed by atoms with Gasteiger partial charge in [0.15, 0.2) is 6.10 Å². The molecule has 24 heavy (non-hydrogen) atoms. The van der Waals surface area contributed by atoms with E-state index in [2.05, 4.69) is 0 Å². The lowest BCUT2D eigenvalue weighted by molar-refractivity contribution is -0.143. The van der Waals surface area contributed by atoms with Gasteiger partial charge in [0.25, 0.3) is 5.91 Å². The van der Waals surface area contributed by atoms with Crippen molar-refractivity contribution >= 4 is 16.7 Å². The van der Waals surface area contributed by atoms with E-state index >= 15 is 0 Å². The smallest absolute Gasteiger partial charge is 0.256 e. The number of amides is 1. The van der Waals surface area contributed by atoms with Crippen LogP contribution in [0, 0.1) is 0 Å². The van der Waals surface area contributed by atoms with Crippen molar-refractivity contribution in [3.8, 4) is 0 Å². The van der Waals surface area contributed by atoms with Gasteiger partial charge in [0, 0.05) is 36.1 Å². The van der Waals surface area contributed by atoms with Gasteiger partial charge in [-0.05, 0) is 30.2 Å². The van der Waals surface area contributed by atoms with Crippen LogP contribution in [0.5, 0.6) is 0 Å². The van der Waals surface area contributed by atoms with Crippen LogP contribution in [0.2, 0.25) is 0 Å². The van der Waals surface area contributed by atoms with Crippen molar-refractivity contribution in [1.29, 1.82) is 0 Å². The third-order valence-corrected chi connectivity index (χ3v) is 5.12. The molecule has 4 nitrogen and oxygen atoms in total. The lowest BCUT2D eigenvalue weighted by Gasteiger charge is -2.29. The van der Waals surface area contributed by atoms with E-state index in [9.17, 15) is 9.00 Å². The molecular formula is C19H23NO3S. The van der Waals surface area contributed by atoms with Crippen LogP contribution >= 0.6 is 0 Å². The van der Waals surface area contributed by atoms with Crippen molar-refractivity contribution in [1.82, 2.24) is 4.90 Å². The first-order valence-electron chi connectivity index (χ1n) is 7.73. The van der Waals surface area contributed by atoms with Crippen molar-refractivity contribution in [3.63, 3.8) is 0 Å². The average Bonchev–Trinajstić information content (AvgIpc) is 2.62. The summed E-state index contributed by atoms with van der Waals surface area (Å²) < 4.78 is 16.9. The van der Waals surface area contributed by atoms with E-state index in [-0.39, 0.29) is 11.9 Å². The van der Waals surface area contributed by atoms with E-state index in [0.29, 0.717) is 0 Å². The predicted octanol–water partition coefficient (Wildman–Crippen LogP) is 3.33. The third-order valence-electron chi connectivity index (χ3n) is 4.19. The molecule has 3 atom stereocenters. The Morgan fingerprint density at radius 1 is 1.04 bits per heavy atom. The van der Waals surface area contributed by atoms with Gasteiger partial charge in [-0.2, -0.15) is 0 Å². The second-order valence-corrected chi connectivity index (χ2v) is 7.05. The fourth-order valence-electron chi connectivity index (χ4n) is 2.54. The van der Waals surface area contributed by atoms with Crippen LogP contribution in [0.25, 0.3) is 0 Å². The Labute approximate surface area is 145 Å². The molecule has 0 spiro atoms. The van der Waals surface area contributed by atoms with Crippen molar-refractivity contribution in [2.75, 3.05) is 20.4 Å². The van der Waals surface area contributed by atoms with Gasteiger partial charge in [0.2, 0.25) is 0 Å². The molecule has 1 amide bonds. The van der Waals surface area contributed by atoms with E-state index in [1.165, 1.54) is 0 Å². The molecule has 0 aliphatic heterocycles. The highest BCUT2D eigenvalue weighted by Gasteiger charge is 2.26. The number of nitrogens with zero attached hydrogens (tertiary/aromatic N) is 1. The first-order valence-corrected chi connectivity index (χ1v) is 9.29. The molecule has 3 unspecified atom stereocenters. The molecule has 0 bridgehead atoms. The van der Waals surface area contributed by atoms with Gasteiger partial charge in [-0.1, -0.05) is 42.5 Å². The molecule has 128 valence electrons. The molecule has 2 aromatic carbocycles. The maximum atomic E-state index is 12.8. The first-order chi connectivity index (χ1) is 11.5. The Morgan fingerprint density at radius 2 is 1.62 bits per heavy atom. The summed E-state index contributed by atoms with van der Waals surface area (Å²) in [5.41, 5.74) is 1.82. The molecule has 0 N–H and O–H groups in total. The molecule has 0 aromatic heterocycles. The van der Waals surface area contributed by atoms with Crippen LogP contribution in [-0.2, 0) is 20.3 Å². The second-order valence-electron chi connectivity index (χ2n) is 5.67. The maximum absolute atomic E-state index is 12.8. The molecule has 0 aliphatic carbocycles. The van der Waals surface area contributed by atoms with E-state index in [1.54, 1.807) is 25.3 Å². The number of methoxy groups -OCH3 is 1. The van der Waals surface area contributed by atoms with E-state index in [4.69, 9.17) is 4.74 Å². The Kier molecular flexibility index (Phi) is 6.29. The van der Waals surface area contributed by atoms with Gasteiger partial charge in [0.05, 0.1) is 6.04 Å². The highest BCUT2D eigenvalue weighted by molar-refractivity contribution is 7.84. The summed E-state index contributed by atoms with van der Waals surface area (Å²) in [6, 6.07) is 16.8. The number of rotatable bonds is 6. The van der Waals surface area contributed by atoms with Crippen molar-refractivity contribution in [2.24, 2.45) is 0 Å². The summed E-state index contributed by atoms with van der Waals surface area (Å²) in [5.74, 6) is -0.0978. The molecule has 0 fully saturated rings. The molecule has 0 saturated heterocycles. The summed E-state index contributed by atoms with van der Waals surface area (Å²) in [6.45, 7) is 1.97. The quantitative estimate of drug-likeness (QED) is 0.807. The normalized spacial score (nSPS) is 14.7. The minimum atomic E-state index is -1.00. The fraction of sp³-hybridized carbons (Fsp3) is 0.316. The SMILES string of the molecule is COC(C(=O)N(C)C(C)c1ccc(S(C)=O)cc1)c1ccccc1. The van der Waals surface area contributed by atoms with Gasteiger partial charge in [-0.25, -0.2) is 0 Å². The number of carbonyl (C=O) groups excluding carboxylic acids is 1. The van der Waals surface area contributed by atoms with Gasteiger partial charge in [-0.15, -0.1) is 0 Å². The molecule has 0 heterocycles. The number of benzene rings is 2. The van der Waals surface area contributed by atoms with Crippen LogP contribution in [0.15, 0.2) is 59.5 Å². The monoisotopic (exact) mass is 345 g/mol. The van der Waals surface area contributed by atoms with Crippen molar-refractivity contribution in [3.05, 3.63) is 65.7 Å². The number of carbonyl (C=O) groups is 1. The zero-order chi connectivity index (χ0) is 17.7. The Morgan fingerprint density at radius 3 is 2.12 bits per heavy atom. The predicted molar refractivity (Wildman–Crippen MR) is 96.2 cm³/mol. The summed E-state index contributed by atoms with van der Waals surface area (Å²) in [5, 5.41) is 0. The van der Waals surface area contributed by atoms with Gasteiger partial charge < -0.3 is 9.64 Å². The molecule has 2 aromatic rings. The molecule has 0 radical (unpaired) electrons. The van der Waals surface area contributed by atoms with E-state index < -0.39 is 16.9 Å². The lowest BCUT2D eigenvalue weighted by atomic mass is 10.0. The van der Waals surface area contributed by atoms with Crippen LogP contribution in [0.3, 0.4) is 0 Å². The number of ether oxygens (including phenoxy) is 1. The zero-order valence-electron chi connectivity index (χ0n) is 14.4. The van der Waals surface area contributed by atoms with Gasteiger partial charge in [-0.3, -0.25) is 9.00 Å². The van der Waals surface area contributed by atoms with Crippen LogP contribution in [-0.4, -0.2) is 35.4 Å². The minimum absolute atomic E-state index is 0.0978. The summed E-state index contributed by atoms with van der Waals surface area (Å²) >= 11 is 0. The number of hydrogen-bond acceptors (Lipinski definition) is 3. The largest absolute Gasteiger partial charge is 0.367 e. The molecule has 5 heteroatoms. The van der Waals surface area contributed by atoms with Gasteiger partial charge >= 0.3 is 0 Å². The minimum Gasteiger partial charge on any atom is -0.367 e. The van der Waals surface area contributed by atoms with Crippen LogP contribution in [0.4, 0.5) is 0 Å². The zero-order valence-corrected chi connectivity index (χ0v) is 15.2. The summed E-state index contributed by atoms with van der Waals surface area (Å²) in [7, 11) is 2.31. The number of likely N-dealkylation sites (N-methyl/N-ethyl adjacent to an activating group) is 1. The maximum Gasteiger partial charge on any atom is 0.256 e. The molecule has 0 saturated carbocycles. The lowest BCUT2D eigenvalue weighted by Crippen LogP contribution is -2.34. The fourth-order valence-corrected chi connectivity index (χ4v) is 3.06. The molecular weight excluding hydrogens is 322 g/mol. The topological polar surface area (TPSA) is 46.6 Å². The number of hydrogen-bond donors (Lipinski definition) is 0. The Bertz CT molecular complexity index is 700. The van der Waals surface area contributed by atoms with E-state index in [0.717, 1.165) is 16.0 Å². The average molecular weight is 345 g/mol. The molecule has 0 aliphatic rings. The Hall–Kier alpha value is -1.98. The first kappa shape index (κ1) is 18.4. The standard InChI is InChI=1S/C19H23NO3S/c1-14(15-10-12-17(13-11-15)24(4)22)20(2)19(21)18(23-3)16-8-6-5-7-9-16/h5-14,18H,1-4H3. The van der Waals surface area contributed by atoms with Crippen molar-refractivity contribution < 1.29 is 13.7 Å². The van der Waals surface area contributed by atoms with E-state index in [1.807, 2.05) is 61.5 Å². The van der Waals surface area contributed by atoms with Crippen LogP contribution < -0.4 is 0 Å². The highest BCUT2D eigenvalue weighted by Crippen LogP contribution is 2.25. The highest BCUT2D eigenvalue weighted by atomic mass is 32.2.